The number of nitrogens with zero attached hydrogens (tertiary/aromatic N) is 2. The second-order valence-electron chi connectivity index (χ2n) is 4.85. The van der Waals surface area contributed by atoms with Crippen LogP contribution in [0, 0.1) is 0 Å². The van der Waals surface area contributed by atoms with E-state index in [1.54, 1.807) is 17.1 Å². The van der Waals surface area contributed by atoms with Crippen LogP contribution in [0.2, 0.25) is 0 Å². The fraction of sp³-hybridized carbons (Fsp3) is 0.312. The van der Waals surface area contributed by atoms with Crippen LogP contribution >= 0.6 is 0 Å². The smallest absolute Gasteiger partial charge is 0.305 e. The van der Waals surface area contributed by atoms with Gasteiger partial charge in [0, 0.05) is 19.2 Å². The molecule has 0 aliphatic carbocycles. The molecule has 0 radical (unpaired) electrons. The van der Waals surface area contributed by atoms with E-state index in [0.29, 0.717) is 31.5 Å². The number of hydrogen-bond donors (Lipinski definition) is 1. The second kappa shape index (κ2) is 7.97. The summed E-state index contributed by atoms with van der Waals surface area (Å²) in [5.41, 5.74) is 1.63. The molecule has 0 saturated heterocycles. The Bertz CT molecular complexity index is 623. The van der Waals surface area contributed by atoms with Gasteiger partial charge in [-0.05, 0) is 12.0 Å². The molecule has 1 aromatic heterocycles. The fourth-order valence-electron chi connectivity index (χ4n) is 1.98. The van der Waals surface area contributed by atoms with Gasteiger partial charge in [-0.15, -0.1) is 0 Å². The van der Waals surface area contributed by atoms with E-state index in [-0.39, 0.29) is 11.9 Å². The Labute approximate surface area is 129 Å². The number of esters is 1. The SMILES string of the molecule is COC(=O)CCCNC(=O)c1cnn(Cc2ccccc2)c1. The molecule has 22 heavy (non-hydrogen) atoms. The lowest BCUT2D eigenvalue weighted by molar-refractivity contribution is -0.140. The fourth-order valence-corrected chi connectivity index (χ4v) is 1.98. The van der Waals surface area contributed by atoms with E-state index < -0.39 is 0 Å². The van der Waals surface area contributed by atoms with Crippen LogP contribution in [0.4, 0.5) is 0 Å². The Hall–Kier alpha value is -2.63. The van der Waals surface area contributed by atoms with Crippen LogP contribution in [-0.2, 0) is 16.1 Å². The van der Waals surface area contributed by atoms with Gasteiger partial charge in [0.1, 0.15) is 0 Å². The molecule has 6 heteroatoms. The number of rotatable bonds is 7. The van der Waals surface area contributed by atoms with Crippen molar-refractivity contribution in [2.24, 2.45) is 0 Å². The quantitative estimate of drug-likeness (QED) is 0.623. The monoisotopic (exact) mass is 301 g/mol. The molecule has 0 aliphatic heterocycles. The molecule has 1 N–H and O–H groups in total. The van der Waals surface area contributed by atoms with Crippen LogP contribution in [0.25, 0.3) is 0 Å². The van der Waals surface area contributed by atoms with Gasteiger partial charge in [-0.3, -0.25) is 14.3 Å². The molecule has 0 unspecified atom stereocenters. The van der Waals surface area contributed by atoms with Gasteiger partial charge < -0.3 is 10.1 Å². The molecular weight excluding hydrogens is 282 g/mol. The van der Waals surface area contributed by atoms with E-state index >= 15 is 0 Å². The minimum absolute atomic E-state index is 0.191. The van der Waals surface area contributed by atoms with Gasteiger partial charge in [-0.25, -0.2) is 0 Å². The van der Waals surface area contributed by atoms with Gasteiger partial charge in [-0.1, -0.05) is 30.3 Å². The van der Waals surface area contributed by atoms with Gasteiger partial charge >= 0.3 is 5.97 Å². The van der Waals surface area contributed by atoms with Crippen molar-refractivity contribution in [2.75, 3.05) is 13.7 Å². The molecule has 1 amide bonds. The van der Waals surface area contributed by atoms with E-state index in [0.717, 1.165) is 5.56 Å². The van der Waals surface area contributed by atoms with E-state index in [9.17, 15) is 9.59 Å². The van der Waals surface area contributed by atoms with Crippen LogP contribution in [0.1, 0.15) is 28.8 Å². The number of benzene rings is 1. The van der Waals surface area contributed by atoms with Crippen LogP contribution in [0.5, 0.6) is 0 Å². The highest BCUT2D eigenvalue weighted by Gasteiger charge is 2.08. The summed E-state index contributed by atoms with van der Waals surface area (Å²) in [7, 11) is 1.35. The largest absolute Gasteiger partial charge is 0.469 e. The minimum Gasteiger partial charge on any atom is -0.469 e. The molecule has 6 nitrogen and oxygen atoms in total. The molecule has 1 aromatic carbocycles. The highest BCUT2D eigenvalue weighted by molar-refractivity contribution is 5.93. The topological polar surface area (TPSA) is 73.2 Å². The molecule has 0 spiro atoms. The molecule has 116 valence electrons. The third kappa shape index (κ3) is 4.73. The van der Waals surface area contributed by atoms with E-state index in [1.807, 2.05) is 30.3 Å². The zero-order chi connectivity index (χ0) is 15.8. The van der Waals surface area contributed by atoms with Crippen LogP contribution in [-0.4, -0.2) is 35.3 Å². The summed E-state index contributed by atoms with van der Waals surface area (Å²) in [6.45, 7) is 1.05. The maximum absolute atomic E-state index is 11.9. The van der Waals surface area contributed by atoms with Gasteiger partial charge in [0.25, 0.3) is 5.91 Å². The van der Waals surface area contributed by atoms with Crippen molar-refractivity contribution in [1.82, 2.24) is 15.1 Å². The van der Waals surface area contributed by atoms with Crippen molar-refractivity contribution >= 4 is 11.9 Å². The molecule has 0 fully saturated rings. The predicted molar refractivity (Wildman–Crippen MR) is 81.4 cm³/mol. The molecule has 0 aliphatic rings. The molecule has 1 heterocycles. The minimum atomic E-state index is -0.273. The molecule has 0 atom stereocenters. The number of carbonyl (C=O) groups excluding carboxylic acids is 2. The van der Waals surface area contributed by atoms with Crippen LogP contribution in [0.3, 0.4) is 0 Å². The number of nitrogens with one attached hydrogen (secondary N) is 1. The van der Waals surface area contributed by atoms with Crippen molar-refractivity contribution in [3.8, 4) is 0 Å². The Balaban J connectivity index is 1.80. The van der Waals surface area contributed by atoms with Crippen LogP contribution in [0.15, 0.2) is 42.7 Å². The first-order valence-corrected chi connectivity index (χ1v) is 7.10. The highest BCUT2D eigenvalue weighted by atomic mass is 16.5. The number of aromatic nitrogens is 2. The zero-order valence-corrected chi connectivity index (χ0v) is 12.5. The third-order valence-electron chi connectivity index (χ3n) is 3.15. The summed E-state index contributed by atoms with van der Waals surface area (Å²) >= 11 is 0. The van der Waals surface area contributed by atoms with Gasteiger partial charge in [0.15, 0.2) is 0 Å². The van der Waals surface area contributed by atoms with Crippen molar-refractivity contribution in [3.63, 3.8) is 0 Å². The molecular formula is C16H19N3O3. The number of amides is 1. The van der Waals surface area contributed by atoms with Crippen molar-refractivity contribution in [2.45, 2.75) is 19.4 Å². The summed E-state index contributed by atoms with van der Waals surface area (Å²) < 4.78 is 6.26. The van der Waals surface area contributed by atoms with E-state index in [4.69, 9.17) is 0 Å². The highest BCUT2D eigenvalue weighted by Crippen LogP contribution is 2.04. The molecule has 0 bridgehead atoms. The van der Waals surface area contributed by atoms with Crippen molar-refractivity contribution in [1.29, 1.82) is 0 Å². The lowest BCUT2D eigenvalue weighted by Gasteiger charge is -2.03. The first-order valence-electron chi connectivity index (χ1n) is 7.10. The molecule has 2 aromatic rings. The Kier molecular flexibility index (Phi) is 5.71. The Morgan fingerprint density at radius 1 is 1.27 bits per heavy atom. The van der Waals surface area contributed by atoms with Crippen molar-refractivity contribution in [3.05, 3.63) is 53.9 Å². The zero-order valence-electron chi connectivity index (χ0n) is 12.5. The third-order valence-corrected chi connectivity index (χ3v) is 3.15. The maximum Gasteiger partial charge on any atom is 0.305 e. The normalized spacial score (nSPS) is 10.2. The number of carbonyl (C=O) groups is 2. The lowest BCUT2D eigenvalue weighted by Crippen LogP contribution is -2.24. The Morgan fingerprint density at radius 3 is 2.77 bits per heavy atom. The first kappa shape index (κ1) is 15.8. The maximum atomic E-state index is 11.9. The second-order valence-corrected chi connectivity index (χ2v) is 4.85. The lowest BCUT2D eigenvalue weighted by atomic mass is 10.2. The molecule has 2 rings (SSSR count). The predicted octanol–water partition coefficient (Wildman–Crippen LogP) is 1.61. The van der Waals surface area contributed by atoms with Gasteiger partial charge in [0.05, 0.1) is 25.4 Å². The average molecular weight is 301 g/mol. The summed E-state index contributed by atoms with van der Waals surface area (Å²) in [5.74, 6) is -0.464. The number of hydrogen-bond acceptors (Lipinski definition) is 4. The van der Waals surface area contributed by atoms with Gasteiger partial charge in [-0.2, -0.15) is 5.10 Å². The van der Waals surface area contributed by atoms with Gasteiger partial charge in [0.2, 0.25) is 0 Å². The summed E-state index contributed by atoms with van der Waals surface area (Å²) in [6.07, 6.45) is 4.10. The standard InChI is InChI=1S/C16H19N3O3/c1-22-15(20)8-5-9-17-16(21)14-10-18-19(12-14)11-13-6-3-2-4-7-13/h2-4,6-7,10,12H,5,8-9,11H2,1H3,(H,17,21). The summed E-state index contributed by atoms with van der Waals surface area (Å²) in [4.78, 5) is 22.9. The van der Waals surface area contributed by atoms with E-state index in [1.165, 1.54) is 7.11 Å². The Morgan fingerprint density at radius 2 is 2.05 bits per heavy atom. The van der Waals surface area contributed by atoms with Crippen LogP contribution < -0.4 is 5.32 Å². The first-order chi connectivity index (χ1) is 10.7. The summed E-state index contributed by atoms with van der Waals surface area (Å²) in [5, 5.41) is 6.94. The van der Waals surface area contributed by atoms with Crippen molar-refractivity contribution < 1.29 is 14.3 Å². The molecule has 0 saturated carbocycles. The number of ether oxygens (including phenoxy) is 1. The number of methoxy groups -OCH3 is 1. The average Bonchev–Trinajstić information content (AvgIpc) is 3.00. The van der Waals surface area contributed by atoms with E-state index in [2.05, 4.69) is 15.2 Å². The summed E-state index contributed by atoms with van der Waals surface area (Å²) in [6, 6.07) is 9.91.